The summed E-state index contributed by atoms with van der Waals surface area (Å²) in [4.78, 5) is 42.8. The summed E-state index contributed by atoms with van der Waals surface area (Å²) < 4.78 is 10.9. The van der Waals surface area contributed by atoms with Gasteiger partial charge in [-0.25, -0.2) is 4.79 Å². The number of nitrogens with zero attached hydrogens (tertiary/aromatic N) is 6. The quantitative estimate of drug-likeness (QED) is 0.274. The number of likely N-dealkylation sites (N-methyl/N-ethyl adjacent to an activating group) is 2. The second-order valence-electron chi connectivity index (χ2n) is 11.8. The summed E-state index contributed by atoms with van der Waals surface area (Å²) in [5.74, 6) is 0.102. The molecule has 44 heavy (non-hydrogen) atoms. The second-order valence-corrected chi connectivity index (χ2v) is 12.2. The zero-order chi connectivity index (χ0) is 30.8. The summed E-state index contributed by atoms with van der Waals surface area (Å²) in [5.41, 5.74) is 3.14. The Morgan fingerprint density at radius 2 is 1.91 bits per heavy atom. The number of likely N-dealkylation sites (tertiary alicyclic amines) is 2. The first-order valence-corrected chi connectivity index (χ1v) is 15.6. The van der Waals surface area contributed by atoms with Gasteiger partial charge in [0.2, 0.25) is 5.91 Å². The Kier molecular flexibility index (Phi) is 8.91. The van der Waals surface area contributed by atoms with Crippen LogP contribution >= 0.6 is 11.6 Å². The smallest absolute Gasteiger partial charge is 0.330 e. The maximum absolute atomic E-state index is 12.7. The van der Waals surface area contributed by atoms with Crippen molar-refractivity contribution in [3.05, 3.63) is 64.8 Å². The molecule has 3 aromatic rings. The van der Waals surface area contributed by atoms with Gasteiger partial charge in [-0.3, -0.25) is 4.79 Å². The number of carbonyl (C=O) groups is 2. The van der Waals surface area contributed by atoms with Crippen molar-refractivity contribution < 1.29 is 19.1 Å². The van der Waals surface area contributed by atoms with E-state index in [1.54, 1.807) is 4.90 Å². The van der Waals surface area contributed by atoms with E-state index in [1.807, 2.05) is 19.2 Å². The van der Waals surface area contributed by atoms with Crippen LogP contribution < -0.4 is 14.5 Å². The third kappa shape index (κ3) is 6.19. The number of amides is 1. The predicted octanol–water partition coefficient (Wildman–Crippen LogP) is 4.09. The first kappa shape index (κ1) is 30.1. The van der Waals surface area contributed by atoms with Gasteiger partial charge < -0.3 is 29.1 Å². The van der Waals surface area contributed by atoms with Gasteiger partial charge in [-0.15, -0.1) is 0 Å². The van der Waals surface area contributed by atoms with E-state index >= 15 is 0 Å². The number of esters is 1. The van der Waals surface area contributed by atoms with Crippen LogP contribution in [-0.4, -0.2) is 97.7 Å². The molecule has 0 radical (unpaired) electrons. The number of carbonyl (C=O) groups excluding carboxylic acids is 2. The number of hydrogen-bond donors (Lipinski definition) is 0. The minimum atomic E-state index is -0.546. The Morgan fingerprint density at radius 3 is 2.68 bits per heavy atom. The van der Waals surface area contributed by atoms with E-state index in [0.29, 0.717) is 38.3 Å². The van der Waals surface area contributed by atoms with Gasteiger partial charge in [-0.2, -0.15) is 9.97 Å². The number of hydrogen-bond acceptors (Lipinski definition) is 9. The molecular weight excluding hydrogens is 580 g/mol. The molecule has 0 aliphatic carbocycles. The zero-order valence-electron chi connectivity index (χ0n) is 25.5. The van der Waals surface area contributed by atoms with Crippen molar-refractivity contribution in [2.24, 2.45) is 0 Å². The molecule has 4 heterocycles. The minimum Gasteiger partial charge on any atom is -0.466 e. The molecule has 11 heteroatoms. The number of halogens is 1. The predicted molar refractivity (Wildman–Crippen MR) is 171 cm³/mol. The third-order valence-corrected chi connectivity index (χ3v) is 9.51. The summed E-state index contributed by atoms with van der Waals surface area (Å²) in [6.07, 6.45) is 6.26. The molecule has 3 aliphatic heterocycles. The van der Waals surface area contributed by atoms with Gasteiger partial charge in [0.1, 0.15) is 12.4 Å². The van der Waals surface area contributed by atoms with Crippen molar-refractivity contribution in [2.75, 3.05) is 63.8 Å². The van der Waals surface area contributed by atoms with Gasteiger partial charge in [-0.1, -0.05) is 35.9 Å². The SMILES string of the molecule is COC(=O)/C=C\C(=O)N1CCC(N(C)c2nc(OC[C@@H]3CCCN3C)nc3c2CCN(c2cccc4cccc(Cl)c24)C3)C1. The van der Waals surface area contributed by atoms with Crippen molar-refractivity contribution in [2.45, 2.75) is 44.3 Å². The van der Waals surface area contributed by atoms with Crippen LogP contribution in [0.1, 0.15) is 30.5 Å². The summed E-state index contributed by atoms with van der Waals surface area (Å²) in [6.45, 7) is 4.14. The summed E-state index contributed by atoms with van der Waals surface area (Å²) in [7, 11) is 5.46. The average Bonchev–Trinajstić information content (AvgIpc) is 3.70. The number of rotatable bonds is 8. The molecule has 232 valence electrons. The normalized spacial score (nSPS) is 20.4. The van der Waals surface area contributed by atoms with Gasteiger partial charge in [0, 0.05) is 67.6 Å². The third-order valence-electron chi connectivity index (χ3n) is 9.19. The Bertz CT molecular complexity index is 1580. The van der Waals surface area contributed by atoms with Crippen LogP contribution in [0.25, 0.3) is 10.8 Å². The summed E-state index contributed by atoms with van der Waals surface area (Å²) >= 11 is 6.70. The lowest BCUT2D eigenvalue weighted by Gasteiger charge is -2.35. The van der Waals surface area contributed by atoms with Gasteiger partial charge in [0.05, 0.1) is 24.4 Å². The number of fused-ring (bicyclic) bond motifs is 2. The average molecular weight is 619 g/mol. The summed E-state index contributed by atoms with van der Waals surface area (Å²) in [5, 5.41) is 2.89. The highest BCUT2D eigenvalue weighted by atomic mass is 35.5. The molecule has 3 aliphatic rings. The molecule has 1 amide bonds. The molecule has 2 saturated heterocycles. The first-order chi connectivity index (χ1) is 21.3. The number of benzene rings is 2. The fourth-order valence-electron chi connectivity index (χ4n) is 6.59. The largest absolute Gasteiger partial charge is 0.466 e. The Morgan fingerprint density at radius 1 is 1.09 bits per heavy atom. The molecule has 1 unspecified atom stereocenters. The lowest BCUT2D eigenvalue weighted by molar-refractivity contribution is -0.135. The van der Waals surface area contributed by atoms with E-state index in [2.05, 4.69) is 50.7 Å². The van der Waals surface area contributed by atoms with Gasteiger partial charge in [0.25, 0.3) is 0 Å². The van der Waals surface area contributed by atoms with Crippen molar-refractivity contribution in [1.29, 1.82) is 0 Å². The Balaban J connectivity index is 1.28. The molecule has 0 bridgehead atoms. The molecule has 0 spiro atoms. The number of aromatic nitrogens is 2. The molecule has 0 saturated carbocycles. The highest BCUT2D eigenvalue weighted by Crippen LogP contribution is 2.37. The maximum atomic E-state index is 12.7. The zero-order valence-corrected chi connectivity index (χ0v) is 26.3. The molecule has 2 aromatic carbocycles. The number of ether oxygens (including phenoxy) is 2. The van der Waals surface area contributed by atoms with E-state index in [0.717, 1.165) is 77.3 Å². The molecule has 2 fully saturated rings. The second kappa shape index (κ2) is 13.0. The van der Waals surface area contributed by atoms with Gasteiger partial charge in [0.15, 0.2) is 0 Å². The standard InChI is InChI=1S/C33H39ClN6O4/c1-37-16-6-9-24(37)21-44-33-35-27-20-39(28-11-5-8-22-7-4-10-26(34)31(22)28)18-15-25(27)32(36-33)38(2)23-14-17-40(19-23)29(41)12-13-30(42)43-3/h4-5,7-8,10-13,23-24H,6,9,14-21H2,1-3H3/b13-12-/t23?,24-/m0/s1. The first-order valence-electron chi connectivity index (χ1n) is 15.2. The lowest BCUT2D eigenvalue weighted by atomic mass is 10.0. The van der Waals surface area contributed by atoms with Crippen LogP contribution in [0.2, 0.25) is 5.02 Å². The number of anilines is 2. The van der Waals surface area contributed by atoms with E-state index in [4.69, 9.17) is 26.3 Å². The van der Waals surface area contributed by atoms with Crippen LogP contribution in [-0.2, 0) is 27.3 Å². The van der Waals surface area contributed by atoms with Crippen LogP contribution in [0.5, 0.6) is 6.01 Å². The molecule has 10 nitrogen and oxygen atoms in total. The monoisotopic (exact) mass is 618 g/mol. The van der Waals surface area contributed by atoms with Crippen LogP contribution in [0.15, 0.2) is 48.6 Å². The van der Waals surface area contributed by atoms with Crippen molar-refractivity contribution >= 4 is 45.8 Å². The molecule has 6 rings (SSSR count). The van der Waals surface area contributed by atoms with E-state index < -0.39 is 5.97 Å². The molecular formula is C33H39ClN6O4. The van der Waals surface area contributed by atoms with Crippen molar-refractivity contribution in [1.82, 2.24) is 19.8 Å². The fourth-order valence-corrected chi connectivity index (χ4v) is 6.87. The van der Waals surface area contributed by atoms with Crippen LogP contribution in [0.3, 0.4) is 0 Å². The molecule has 0 N–H and O–H groups in total. The summed E-state index contributed by atoms with van der Waals surface area (Å²) in [6, 6.07) is 13.1. The van der Waals surface area contributed by atoms with Crippen molar-refractivity contribution in [3.8, 4) is 6.01 Å². The molecule has 1 aromatic heterocycles. The fraction of sp³-hybridized carbons (Fsp3) is 0.455. The minimum absolute atomic E-state index is 0.0631. The van der Waals surface area contributed by atoms with E-state index in [1.165, 1.54) is 19.3 Å². The maximum Gasteiger partial charge on any atom is 0.330 e. The van der Waals surface area contributed by atoms with Crippen LogP contribution in [0.4, 0.5) is 11.5 Å². The van der Waals surface area contributed by atoms with E-state index in [-0.39, 0.29) is 11.9 Å². The lowest BCUT2D eigenvalue weighted by Crippen LogP contribution is -2.39. The highest BCUT2D eigenvalue weighted by Gasteiger charge is 2.33. The van der Waals surface area contributed by atoms with E-state index in [9.17, 15) is 9.59 Å². The molecule has 2 atom stereocenters. The van der Waals surface area contributed by atoms with Crippen molar-refractivity contribution in [3.63, 3.8) is 0 Å². The Hall–Kier alpha value is -3.89. The van der Waals surface area contributed by atoms with Gasteiger partial charge in [-0.05, 0) is 56.8 Å². The number of methoxy groups -OCH3 is 1. The Labute approximate surface area is 263 Å². The van der Waals surface area contributed by atoms with Crippen LogP contribution in [0, 0.1) is 0 Å². The topological polar surface area (TPSA) is 91.3 Å². The van der Waals surface area contributed by atoms with Gasteiger partial charge >= 0.3 is 12.0 Å². The highest BCUT2D eigenvalue weighted by molar-refractivity contribution is 6.36.